The summed E-state index contributed by atoms with van der Waals surface area (Å²) in [6, 6.07) is 23.4. The van der Waals surface area contributed by atoms with E-state index in [9.17, 15) is 9.59 Å². The molecule has 0 unspecified atom stereocenters. The second kappa shape index (κ2) is 11.9. The predicted octanol–water partition coefficient (Wildman–Crippen LogP) is 6.77. The fourth-order valence-corrected chi connectivity index (χ4v) is 4.29. The Bertz CT molecular complexity index is 1480. The molecule has 0 aliphatic carbocycles. The molecular weight excluding hydrogens is 535 g/mol. The van der Waals surface area contributed by atoms with E-state index in [1.807, 2.05) is 57.2 Å². The maximum absolute atomic E-state index is 13.6. The molecule has 0 aliphatic rings. The molecule has 1 heterocycles. The number of carbonyl (C=O) groups is 2. The number of aromatic nitrogens is 2. The van der Waals surface area contributed by atoms with E-state index in [-0.39, 0.29) is 30.3 Å². The van der Waals surface area contributed by atoms with Gasteiger partial charge in [-0.1, -0.05) is 86.4 Å². The van der Waals surface area contributed by atoms with Crippen LogP contribution in [-0.2, 0) is 16.8 Å². The number of amides is 2. The molecule has 202 valence electrons. The number of rotatable bonds is 8. The third-order valence-corrected chi connectivity index (χ3v) is 6.81. The number of methoxy groups -OCH3 is 1. The van der Waals surface area contributed by atoms with Gasteiger partial charge in [0, 0.05) is 18.0 Å². The van der Waals surface area contributed by atoms with Crippen LogP contribution in [0.15, 0.2) is 78.9 Å². The van der Waals surface area contributed by atoms with Crippen molar-refractivity contribution in [3.05, 3.63) is 106 Å². The van der Waals surface area contributed by atoms with Gasteiger partial charge in [-0.05, 0) is 35.9 Å². The minimum Gasteiger partial charge on any atom is -0.496 e. The normalized spacial score (nSPS) is 11.2. The van der Waals surface area contributed by atoms with Crippen molar-refractivity contribution in [2.24, 2.45) is 0 Å². The van der Waals surface area contributed by atoms with Gasteiger partial charge in [-0.2, -0.15) is 5.10 Å². The lowest BCUT2D eigenvalue weighted by atomic mass is 9.92. The van der Waals surface area contributed by atoms with Gasteiger partial charge < -0.3 is 15.0 Å². The van der Waals surface area contributed by atoms with Gasteiger partial charge in [0.1, 0.15) is 18.1 Å². The van der Waals surface area contributed by atoms with Gasteiger partial charge in [0.15, 0.2) is 0 Å². The maximum atomic E-state index is 13.6. The Labute approximate surface area is 238 Å². The Kier molecular flexibility index (Phi) is 8.63. The summed E-state index contributed by atoms with van der Waals surface area (Å²) in [6.45, 7) is 6.16. The third-order valence-electron chi connectivity index (χ3n) is 6.07. The number of halogens is 2. The van der Waals surface area contributed by atoms with Gasteiger partial charge in [0.05, 0.1) is 34.1 Å². The Morgan fingerprint density at radius 2 is 1.64 bits per heavy atom. The van der Waals surface area contributed by atoms with Crippen LogP contribution >= 0.6 is 23.2 Å². The first kappa shape index (κ1) is 28.2. The summed E-state index contributed by atoms with van der Waals surface area (Å²) >= 11 is 12.4. The van der Waals surface area contributed by atoms with Crippen LogP contribution in [0, 0.1) is 0 Å². The molecule has 39 heavy (non-hydrogen) atoms. The smallest absolute Gasteiger partial charge is 0.258 e. The highest BCUT2D eigenvalue weighted by molar-refractivity contribution is 6.42. The van der Waals surface area contributed by atoms with Crippen molar-refractivity contribution < 1.29 is 14.3 Å². The second-order valence-electron chi connectivity index (χ2n) is 10.1. The van der Waals surface area contributed by atoms with Crippen molar-refractivity contribution in [1.82, 2.24) is 14.7 Å². The van der Waals surface area contributed by atoms with Crippen molar-refractivity contribution in [2.45, 2.75) is 32.7 Å². The molecule has 1 aromatic heterocycles. The van der Waals surface area contributed by atoms with Gasteiger partial charge in [-0.3, -0.25) is 9.59 Å². The van der Waals surface area contributed by atoms with E-state index in [1.165, 1.54) is 12.0 Å². The topological polar surface area (TPSA) is 76.5 Å². The molecule has 7 nitrogen and oxygen atoms in total. The summed E-state index contributed by atoms with van der Waals surface area (Å²) in [4.78, 5) is 28.6. The first-order chi connectivity index (χ1) is 18.6. The number of para-hydroxylation sites is 1. The number of carbonyl (C=O) groups excluding carboxylic acids is 2. The maximum Gasteiger partial charge on any atom is 0.258 e. The molecule has 1 N–H and O–H groups in total. The van der Waals surface area contributed by atoms with E-state index in [2.05, 4.69) is 5.32 Å². The fourth-order valence-electron chi connectivity index (χ4n) is 4.00. The average molecular weight is 566 g/mol. The lowest BCUT2D eigenvalue weighted by Crippen LogP contribution is -2.38. The SMILES string of the molecule is COc1ccccc1C(=O)N(CC(=O)Nc1cc(C(C)(C)C)nn1-c1ccc(Cl)c(Cl)c1)Cc1ccccc1. The molecule has 4 rings (SSSR count). The predicted molar refractivity (Wildman–Crippen MR) is 155 cm³/mol. The number of ether oxygens (including phenoxy) is 1. The number of nitrogens with zero attached hydrogens (tertiary/aromatic N) is 3. The summed E-state index contributed by atoms with van der Waals surface area (Å²) < 4.78 is 7.02. The van der Waals surface area contributed by atoms with Gasteiger partial charge in [0.25, 0.3) is 5.91 Å². The summed E-state index contributed by atoms with van der Waals surface area (Å²) in [5.74, 6) is 0.192. The van der Waals surface area contributed by atoms with Crippen LogP contribution in [0.4, 0.5) is 5.82 Å². The number of hydrogen-bond acceptors (Lipinski definition) is 4. The first-order valence-corrected chi connectivity index (χ1v) is 13.1. The van der Waals surface area contributed by atoms with E-state index in [0.717, 1.165) is 11.3 Å². The zero-order valence-corrected chi connectivity index (χ0v) is 23.8. The highest BCUT2D eigenvalue weighted by Crippen LogP contribution is 2.30. The Morgan fingerprint density at radius 1 is 0.949 bits per heavy atom. The molecular formula is C30H30Cl2N4O3. The first-order valence-electron chi connectivity index (χ1n) is 12.4. The summed E-state index contributed by atoms with van der Waals surface area (Å²) in [5, 5.41) is 8.47. The Morgan fingerprint density at radius 3 is 2.31 bits per heavy atom. The van der Waals surface area contributed by atoms with E-state index < -0.39 is 0 Å². The van der Waals surface area contributed by atoms with E-state index in [1.54, 1.807) is 47.1 Å². The molecule has 4 aromatic rings. The number of benzene rings is 3. The molecule has 3 aromatic carbocycles. The molecule has 0 saturated carbocycles. The Balaban J connectivity index is 1.65. The van der Waals surface area contributed by atoms with E-state index in [4.69, 9.17) is 33.0 Å². The number of nitrogens with one attached hydrogen (secondary N) is 1. The highest BCUT2D eigenvalue weighted by atomic mass is 35.5. The van der Waals surface area contributed by atoms with Gasteiger partial charge >= 0.3 is 0 Å². The summed E-state index contributed by atoms with van der Waals surface area (Å²) in [5.41, 5.74) is 2.40. The average Bonchev–Trinajstić information content (AvgIpc) is 3.34. The lowest BCUT2D eigenvalue weighted by molar-refractivity contribution is -0.117. The van der Waals surface area contributed by atoms with Crippen LogP contribution in [0.1, 0.15) is 42.4 Å². The van der Waals surface area contributed by atoms with Crippen LogP contribution < -0.4 is 10.1 Å². The third kappa shape index (κ3) is 6.80. The summed E-state index contributed by atoms with van der Waals surface area (Å²) in [6.07, 6.45) is 0. The molecule has 0 radical (unpaired) electrons. The minimum absolute atomic E-state index is 0.191. The fraction of sp³-hybridized carbons (Fsp3) is 0.233. The van der Waals surface area contributed by atoms with Crippen LogP contribution in [0.25, 0.3) is 5.69 Å². The van der Waals surface area contributed by atoms with Crippen molar-refractivity contribution in [1.29, 1.82) is 0 Å². The number of hydrogen-bond donors (Lipinski definition) is 1. The largest absolute Gasteiger partial charge is 0.496 e. The van der Waals surface area contributed by atoms with Gasteiger partial charge in [-0.25, -0.2) is 4.68 Å². The van der Waals surface area contributed by atoms with Crippen molar-refractivity contribution in [2.75, 3.05) is 19.0 Å². The number of anilines is 1. The van der Waals surface area contributed by atoms with Crippen molar-refractivity contribution in [3.63, 3.8) is 0 Å². The summed E-state index contributed by atoms with van der Waals surface area (Å²) in [7, 11) is 1.51. The molecule has 0 fully saturated rings. The lowest BCUT2D eigenvalue weighted by Gasteiger charge is -2.23. The van der Waals surface area contributed by atoms with Gasteiger partial charge in [-0.15, -0.1) is 0 Å². The zero-order valence-electron chi connectivity index (χ0n) is 22.2. The zero-order chi connectivity index (χ0) is 28.2. The molecule has 9 heteroatoms. The quantitative estimate of drug-likeness (QED) is 0.256. The van der Waals surface area contributed by atoms with Crippen molar-refractivity contribution >= 4 is 40.8 Å². The second-order valence-corrected chi connectivity index (χ2v) is 10.9. The molecule has 0 saturated heterocycles. The van der Waals surface area contributed by atoms with Crippen molar-refractivity contribution in [3.8, 4) is 11.4 Å². The molecule has 0 atom stereocenters. The van der Waals surface area contributed by atoms with E-state index >= 15 is 0 Å². The van der Waals surface area contributed by atoms with Crippen LogP contribution in [-0.4, -0.2) is 40.1 Å². The Hall–Kier alpha value is -3.81. The van der Waals surface area contributed by atoms with Crippen LogP contribution in [0.5, 0.6) is 5.75 Å². The van der Waals surface area contributed by atoms with E-state index in [0.29, 0.717) is 32.9 Å². The van der Waals surface area contributed by atoms with Gasteiger partial charge in [0.2, 0.25) is 5.91 Å². The molecule has 0 bridgehead atoms. The minimum atomic E-state index is -0.379. The standard InChI is InChI=1S/C30H30Cl2N4O3/c1-30(2,3)26-17-27(36(34-26)21-14-15-23(31)24(32)16-21)33-28(37)19-35(18-20-10-6-5-7-11-20)29(38)22-12-8-9-13-25(22)39-4/h5-17H,18-19H2,1-4H3,(H,33,37). The molecule has 0 spiro atoms. The van der Waals surface area contributed by atoms with Crippen LogP contribution in [0.3, 0.4) is 0 Å². The molecule has 0 aliphatic heterocycles. The monoisotopic (exact) mass is 564 g/mol. The highest BCUT2D eigenvalue weighted by Gasteiger charge is 2.25. The molecule has 2 amide bonds. The van der Waals surface area contributed by atoms with Crippen LogP contribution in [0.2, 0.25) is 10.0 Å².